The average Bonchev–Trinajstić information content (AvgIpc) is 3.10. The average molecular weight is 467 g/mol. The number of hydrogen-bond acceptors (Lipinski definition) is 6. The fraction of sp³-hybridized carbons (Fsp3) is 0.333. The van der Waals surface area contributed by atoms with Crippen molar-refractivity contribution in [3.05, 3.63) is 39.0 Å². The predicted molar refractivity (Wildman–Crippen MR) is 107 cm³/mol. The molecular weight excluding hydrogens is 450 g/mol. The van der Waals surface area contributed by atoms with Crippen molar-refractivity contribution in [3.63, 3.8) is 0 Å². The first-order chi connectivity index (χ1) is 13.5. The minimum atomic E-state index is -0.245. The predicted octanol–water partition coefficient (Wildman–Crippen LogP) is 3.55. The van der Waals surface area contributed by atoms with Crippen LogP contribution in [-0.4, -0.2) is 51.5 Å². The molecule has 3 aromatic rings. The lowest BCUT2D eigenvalue weighted by atomic mass is 9.99. The summed E-state index contributed by atoms with van der Waals surface area (Å²) < 4.78 is 11.0. The number of rotatable bonds is 3. The Morgan fingerprint density at radius 1 is 1.32 bits per heavy atom. The maximum absolute atomic E-state index is 13.0. The van der Waals surface area contributed by atoms with Crippen molar-refractivity contribution >= 4 is 44.5 Å². The lowest BCUT2D eigenvalue weighted by Gasteiger charge is -2.33. The smallest absolute Gasteiger partial charge is 0.292 e. The summed E-state index contributed by atoms with van der Waals surface area (Å²) in [6.07, 6.45) is 3.61. The van der Waals surface area contributed by atoms with Crippen LogP contribution >= 0.6 is 27.5 Å². The number of nitrogens with zero attached hydrogens (tertiary/aromatic N) is 4. The Bertz CT molecular complexity index is 1070. The number of amides is 1. The Balaban J connectivity index is 1.75. The monoisotopic (exact) mass is 465 g/mol. The molecule has 0 unspecified atom stereocenters. The molecule has 1 atom stereocenters. The number of aromatic nitrogens is 4. The van der Waals surface area contributed by atoms with E-state index in [2.05, 4.69) is 35.9 Å². The van der Waals surface area contributed by atoms with Crippen LogP contribution in [0.3, 0.4) is 0 Å². The molecule has 1 N–H and O–H groups in total. The van der Waals surface area contributed by atoms with Crippen molar-refractivity contribution in [1.82, 2.24) is 24.8 Å². The summed E-state index contributed by atoms with van der Waals surface area (Å²) in [5.74, 6) is 0.777. The number of ether oxygens (including phenoxy) is 2. The fourth-order valence-electron chi connectivity index (χ4n) is 3.49. The maximum Gasteiger partial charge on any atom is 0.292 e. The van der Waals surface area contributed by atoms with Gasteiger partial charge < -0.3 is 19.4 Å². The van der Waals surface area contributed by atoms with Gasteiger partial charge in [-0.3, -0.25) is 4.79 Å². The molecule has 1 aliphatic rings. The number of methoxy groups -OCH3 is 2. The Hall–Kier alpha value is -2.39. The molecule has 4 rings (SSSR count). The molecular formula is C18H17BrClN5O3. The third-order valence-corrected chi connectivity index (χ3v) is 6.25. The van der Waals surface area contributed by atoms with Crippen molar-refractivity contribution in [2.75, 3.05) is 20.8 Å². The topological polar surface area (TPSA) is 93.2 Å². The van der Waals surface area contributed by atoms with Crippen LogP contribution in [0.4, 0.5) is 0 Å². The van der Waals surface area contributed by atoms with E-state index >= 15 is 0 Å². The largest absolute Gasteiger partial charge is 0.494 e. The standard InChI is InChI=1S/C18H17BrClN5O3/c1-8-11-10(23-15-13(20)12(19)17(28-3)24-14(11)15)4-5-25(8)18(26)16-21-6-9(27-2)7-22-16/h6-8,23H,4-5H2,1-3H3/t8-/m1/s1. The van der Waals surface area contributed by atoms with Gasteiger partial charge in [0.25, 0.3) is 5.91 Å². The molecule has 0 fully saturated rings. The first-order valence-corrected chi connectivity index (χ1v) is 9.73. The van der Waals surface area contributed by atoms with Gasteiger partial charge in [0, 0.05) is 24.2 Å². The van der Waals surface area contributed by atoms with E-state index in [-0.39, 0.29) is 17.8 Å². The molecule has 0 spiro atoms. The van der Waals surface area contributed by atoms with Crippen molar-refractivity contribution in [1.29, 1.82) is 0 Å². The number of hydrogen-bond donors (Lipinski definition) is 1. The summed E-state index contributed by atoms with van der Waals surface area (Å²) in [6, 6.07) is -0.231. The summed E-state index contributed by atoms with van der Waals surface area (Å²) in [4.78, 5) is 30.9. The van der Waals surface area contributed by atoms with E-state index in [0.29, 0.717) is 39.6 Å². The Morgan fingerprint density at radius 2 is 2.04 bits per heavy atom. The van der Waals surface area contributed by atoms with E-state index in [4.69, 9.17) is 21.1 Å². The molecule has 0 aliphatic carbocycles. The molecule has 3 aromatic heterocycles. The van der Waals surface area contributed by atoms with Crippen LogP contribution in [0.2, 0.25) is 5.02 Å². The lowest BCUT2D eigenvalue weighted by Crippen LogP contribution is -2.39. The summed E-state index contributed by atoms with van der Waals surface area (Å²) in [6.45, 7) is 2.49. The molecule has 146 valence electrons. The highest BCUT2D eigenvalue weighted by Gasteiger charge is 2.34. The molecule has 10 heteroatoms. The zero-order chi connectivity index (χ0) is 20.0. The number of carbonyl (C=O) groups is 1. The number of pyridine rings is 1. The highest BCUT2D eigenvalue weighted by molar-refractivity contribution is 9.10. The van der Waals surface area contributed by atoms with Gasteiger partial charge in [0.15, 0.2) is 5.75 Å². The van der Waals surface area contributed by atoms with Crippen molar-refractivity contribution in [2.45, 2.75) is 19.4 Å². The molecule has 0 bridgehead atoms. The number of fused-ring (bicyclic) bond motifs is 3. The number of H-pyrrole nitrogens is 1. The molecule has 28 heavy (non-hydrogen) atoms. The van der Waals surface area contributed by atoms with E-state index in [1.54, 1.807) is 4.90 Å². The second kappa shape index (κ2) is 7.21. The van der Waals surface area contributed by atoms with Crippen LogP contribution in [0, 0.1) is 0 Å². The van der Waals surface area contributed by atoms with Crippen LogP contribution < -0.4 is 9.47 Å². The second-order valence-corrected chi connectivity index (χ2v) is 7.53. The van der Waals surface area contributed by atoms with E-state index in [0.717, 1.165) is 16.8 Å². The minimum absolute atomic E-state index is 0.127. The highest BCUT2D eigenvalue weighted by atomic mass is 79.9. The van der Waals surface area contributed by atoms with Gasteiger partial charge in [-0.25, -0.2) is 15.0 Å². The molecule has 0 saturated carbocycles. The normalized spacial score (nSPS) is 16.2. The third kappa shape index (κ3) is 2.89. The van der Waals surface area contributed by atoms with Crippen molar-refractivity contribution in [2.24, 2.45) is 0 Å². The number of aromatic amines is 1. The van der Waals surface area contributed by atoms with Gasteiger partial charge in [-0.1, -0.05) is 11.6 Å². The van der Waals surface area contributed by atoms with Crippen LogP contribution in [-0.2, 0) is 6.42 Å². The van der Waals surface area contributed by atoms with Crippen molar-refractivity contribution < 1.29 is 14.3 Å². The summed E-state index contributed by atoms with van der Waals surface area (Å²) in [5, 5.41) is 0.500. The minimum Gasteiger partial charge on any atom is -0.494 e. The quantitative estimate of drug-likeness (QED) is 0.634. The second-order valence-electron chi connectivity index (χ2n) is 6.36. The summed E-state index contributed by atoms with van der Waals surface area (Å²) in [7, 11) is 3.06. The molecule has 0 aromatic carbocycles. The zero-order valence-corrected chi connectivity index (χ0v) is 17.8. The summed E-state index contributed by atoms with van der Waals surface area (Å²) in [5.41, 5.74) is 3.36. The van der Waals surface area contributed by atoms with Gasteiger partial charge in [0.05, 0.1) is 48.7 Å². The highest BCUT2D eigenvalue weighted by Crippen LogP contribution is 2.42. The van der Waals surface area contributed by atoms with Crippen LogP contribution in [0.15, 0.2) is 16.9 Å². The van der Waals surface area contributed by atoms with Crippen LogP contribution in [0.5, 0.6) is 11.6 Å². The Kier molecular flexibility index (Phi) is 4.88. The number of carbonyl (C=O) groups excluding carboxylic acids is 1. The lowest BCUT2D eigenvalue weighted by molar-refractivity contribution is 0.0665. The van der Waals surface area contributed by atoms with Crippen molar-refractivity contribution in [3.8, 4) is 11.6 Å². The Labute approximate surface area is 174 Å². The van der Waals surface area contributed by atoms with Gasteiger partial charge in [-0.15, -0.1) is 0 Å². The Morgan fingerprint density at radius 3 is 2.68 bits per heavy atom. The van der Waals surface area contributed by atoms with E-state index < -0.39 is 0 Å². The number of halogens is 2. The van der Waals surface area contributed by atoms with Crippen LogP contribution in [0.25, 0.3) is 11.0 Å². The van der Waals surface area contributed by atoms with Gasteiger partial charge >= 0.3 is 0 Å². The molecule has 0 radical (unpaired) electrons. The molecule has 0 saturated heterocycles. The van der Waals surface area contributed by atoms with Gasteiger partial charge in [0.1, 0.15) is 4.47 Å². The van der Waals surface area contributed by atoms with Gasteiger partial charge in [-0.2, -0.15) is 0 Å². The summed E-state index contributed by atoms with van der Waals surface area (Å²) >= 11 is 9.91. The molecule has 8 nitrogen and oxygen atoms in total. The van der Waals surface area contributed by atoms with Gasteiger partial charge in [0.2, 0.25) is 11.7 Å². The first kappa shape index (κ1) is 18.9. The van der Waals surface area contributed by atoms with Gasteiger partial charge in [-0.05, 0) is 22.9 Å². The SMILES string of the molecule is COc1cnc(C(=O)N2CCc3[nH]c4c(Cl)c(Br)c(OC)nc4c3[C@H]2C)nc1. The first-order valence-electron chi connectivity index (χ1n) is 8.56. The zero-order valence-electron chi connectivity index (χ0n) is 15.4. The third-order valence-electron chi connectivity index (χ3n) is 4.90. The fourth-order valence-corrected chi connectivity index (χ4v) is 4.15. The number of nitrogens with one attached hydrogen (secondary N) is 1. The van der Waals surface area contributed by atoms with E-state index in [1.807, 2.05) is 6.92 Å². The van der Waals surface area contributed by atoms with E-state index in [1.165, 1.54) is 26.6 Å². The molecule has 1 aliphatic heterocycles. The van der Waals surface area contributed by atoms with E-state index in [9.17, 15) is 4.79 Å². The molecule has 1 amide bonds. The molecule has 4 heterocycles. The van der Waals surface area contributed by atoms with Crippen LogP contribution in [0.1, 0.15) is 34.8 Å². The maximum atomic E-state index is 13.0.